The van der Waals surface area contributed by atoms with Crippen LogP contribution in [0.5, 0.6) is 0 Å². The first-order chi connectivity index (χ1) is 15.9. The van der Waals surface area contributed by atoms with Crippen LogP contribution in [0.2, 0.25) is 0 Å². The molecule has 33 heavy (non-hydrogen) atoms. The van der Waals surface area contributed by atoms with E-state index in [2.05, 4.69) is 76.3 Å². The molecule has 0 saturated carbocycles. The van der Waals surface area contributed by atoms with Crippen molar-refractivity contribution in [1.29, 1.82) is 0 Å². The fourth-order valence-electron chi connectivity index (χ4n) is 4.24. The topological polar surface area (TPSA) is 87.3 Å². The maximum atomic E-state index is 13.2. The number of H-pyrrole nitrogens is 2. The molecule has 1 aliphatic carbocycles. The van der Waals surface area contributed by atoms with Crippen LogP contribution in [0.1, 0.15) is 50.5 Å². The van der Waals surface area contributed by atoms with E-state index in [4.69, 9.17) is 0 Å². The second-order valence-electron chi connectivity index (χ2n) is 9.30. The lowest BCUT2D eigenvalue weighted by Gasteiger charge is -2.28. The molecule has 3 heterocycles. The zero-order valence-corrected chi connectivity index (χ0v) is 19.9. The first-order valence-electron chi connectivity index (χ1n) is 11.3. The Morgan fingerprint density at radius 1 is 1.12 bits per heavy atom. The lowest BCUT2D eigenvalue weighted by Crippen LogP contribution is -2.14. The van der Waals surface area contributed by atoms with Crippen molar-refractivity contribution in [2.75, 3.05) is 0 Å². The van der Waals surface area contributed by atoms with Crippen molar-refractivity contribution in [3.63, 3.8) is 0 Å². The molecule has 3 aromatic heterocycles. The van der Waals surface area contributed by atoms with Crippen LogP contribution < -0.4 is 5.56 Å². The number of aryl methyl sites for hydroxylation is 1. The fourth-order valence-corrected chi connectivity index (χ4v) is 5.12. The molecule has 0 amide bonds. The fraction of sp³-hybridized carbons (Fsp3) is 0.308. The molecule has 4 aromatic rings. The number of aromatic nitrogens is 5. The predicted octanol–water partition coefficient (Wildman–Crippen LogP) is 6.11. The van der Waals surface area contributed by atoms with E-state index in [1.54, 1.807) is 11.3 Å². The first-order valence-corrected chi connectivity index (χ1v) is 12.1. The number of rotatable bonds is 5. The highest BCUT2D eigenvalue weighted by Crippen LogP contribution is 2.38. The van der Waals surface area contributed by atoms with E-state index in [-0.39, 0.29) is 5.56 Å². The Kier molecular flexibility index (Phi) is 5.58. The summed E-state index contributed by atoms with van der Waals surface area (Å²) in [7, 11) is 0. The average molecular weight is 458 g/mol. The van der Waals surface area contributed by atoms with Gasteiger partial charge in [0.15, 0.2) is 5.82 Å². The van der Waals surface area contributed by atoms with Crippen molar-refractivity contribution in [2.24, 2.45) is 5.41 Å². The molecule has 1 aliphatic rings. The van der Waals surface area contributed by atoms with E-state index in [0.717, 1.165) is 41.1 Å². The van der Waals surface area contributed by atoms with Crippen LogP contribution in [0.15, 0.2) is 53.7 Å². The van der Waals surface area contributed by atoms with Gasteiger partial charge in [0, 0.05) is 22.3 Å². The maximum absolute atomic E-state index is 13.2. The summed E-state index contributed by atoms with van der Waals surface area (Å²) in [6.07, 6.45) is 9.97. The molecule has 1 aromatic carbocycles. The van der Waals surface area contributed by atoms with E-state index in [9.17, 15) is 4.79 Å². The van der Waals surface area contributed by atoms with E-state index >= 15 is 0 Å². The molecule has 168 valence electrons. The number of nitrogens with one attached hydrogen (secondary N) is 2. The maximum Gasteiger partial charge on any atom is 0.260 e. The van der Waals surface area contributed by atoms with Gasteiger partial charge in [-0.15, -0.1) is 11.3 Å². The van der Waals surface area contributed by atoms with Crippen molar-refractivity contribution in [3.05, 3.63) is 69.7 Å². The molecule has 5 rings (SSSR count). The number of aromatic amines is 2. The number of hydrogen-bond donors (Lipinski definition) is 2. The molecule has 0 unspecified atom stereocenters. The predicted molar refractivity (Wildman–Crippen MR) is 134 cm³/mol. The second kappa shape index (κ2) is 8.56. The Balaban J connectivity index is 1.55. The summed E-state index contributed by atoms with van der Waals surface area (Å²) in [5.41, 5.74) is 5.78. The Bertz CT molecular complexity index is 1360. The number of thiazole rings is 1. The lowest BCUT2D eigenvalue weighted by molar-refractivity contribution is 0.335. The van der Waals surface area contributed by atoms with Gasteiger partial charge >= 0.3 is 0 Å². The van der Waals surface area contributed by atoms with Gasteiger partial charge in [-0.3, -0.25) is 9.89 Å². The molecule has 0 atom stereocenters. The number of hydrogen-bond acceptors (Lipinski definition) is 5. The van der Waals surface area contributed by atoms with Crippen LogP contribution >= 0.6 is 11.3 Å². The molecule has 0 spiro atoms. The van der Waals surface area contributed by atoms with Crippen LogP contribution in [-0.4, -0.2) is 25.1 Å². The molecular weight excluding hydrogens is 430 g/mol. The normalized spacial score (nSPS) is 15.4. The summed E-state index contributed by atoms with van der Waals surface area (Å²) in [6, 6.07) is 10.5. The third-order valence-corrected chi connectivity index (χ3v) is 7.53. The number of benzene rings is 1. The minimum atomic E-state index is -0.214. The quantitative estimate of drug-likeness (QED) is 0.379. The lowest BCUT2D eigenvalue weighted by atomic mass is 9.77. The van der Waals surface area contributed by atoms with Crippen molar-refractivity contribution in [1.82, 2.24) is 25.1 Å². The van der Waals surface area contributed by atoms with Crippen molar-refractivity contribution in [2.45, 2.75) is 46.5 Å². The van der Waals surface area contributed by atoms with Crippen LogP contribution in [-0.2, 0) is 6.42 Å². The minimum absolute atomic E-state index is 0.214. The van der Waals surface area contributed by atoms with Crippen LogP contribution in [0.25, 0.3) is 38.8 Å². The summed E-state index contributed by atoms with van der Waals surface area (Å²) < 4.78 is 0. The van der Waals surface area contributed by atoms with Crippen LogP contribution in [0.3, 0.4) is 0 Å². The largest absolute Gasteiger partial charge is 0.321 e. The van der Waals surface area contributed by atoms with Crippen molar-refractivity contribution >= 4 is 16.9 Å². The van der Waals surface area contributed by atoms with E-state index in [0.29, 0.717) is 16.8 Å². The molecule has 7 heteroatoms. The van der Waals surface area contributed by atoms with Gasteiger partial charge in [-0.2, -0.15) is 5.10 Å². The van der Waals surface area contributed by atoms with Crippen molar-refractivity contribution < 1.29 is 0 Å². The third-order valence-electron chi connectivity index (χ3n) is 6.36. The molecule has 0 bridgehead atoms. The average Bonchev–Trinajstić information content (AvgIpc) is 3.51. The van der Waals surface area contributed by atoms with Gasteiger partial charge in [-0.05, 0) is 53.9 Å². The Labute approximate surface area is 196 Å². The minimum Gasteiger partial charge on any atom is -0.321 e. The smallest absolute Gasteiger partial charge is 0.260 e. The first kappa shape index (κ1) is 21.5. The Morgan fingerprint density at radius 2 is 1.91 bits per heavy atom. The molecule has 0 aliphatic heterocycles. The summed E-state index contributed by atoms with van der Waals surface area (Å²) in [5, 5.41) is 7.55. The Hall–Kier alpha value is -3.32. The number of allylic oxidation sites excluding steroid dienone is 2. The molecule has 0 radical (unpaired) electrons. The number of nitrogens with zero attached hydrogens (tertiary/aromatic N) is 3. The number of pyridine rings is 1. The third kappa shape index (κ3) is 4.33. The molecule has 0 saturated heterocycles. The summed E-state index contributed by atoms with van der Waals surface area (Å²) >= 11 is 1.60. The second-order valence-corrected chi connectivity index (χ2v) is 10.4. The molecule has 6 nitrogen and oxygen atoms in total. The van der Waals surface area contributed by atoms with E-state index < -0.39 is 0 Å². The molecule has 0 fully saturated rings. The van der Waals surface area contributed by atoms with E-state index in [1.807, 2.05) is 12.3 Å². The van der Waals surface area contributed by atoms with Crippen LogP contribution in [0, 0.1) is 5.41 Å². The SMILES string of the molecule is CCc1cnc(-c2cc(-c3ccc(C4=CCC(C)(C)CC4)cc3)[nH]c(=O)c2-c2ncn[nH]2)s1. The highest BCUT2D eigenvalue weighted by Gasteiger charge is 2.22. The van der Waals surface area contributed by atoms with E-state index in [1.165, 1.54) is 28.8 Å². The standard InChI is InChI=1S/C26H27N5OS/c1-4-19-14-27-25(33-19)20-13-21(30-24(32)22(20)23-28-15-29-31-23)18-7-5-16(6-8-18)17-9-11-26(2,3)12-10-17/h5-9,13-15H,4,10-12H2,1-3H3,(H,30,32)(H,28,29,31). The monoisotopic (exact) mass is 457 g/mol. The van der Waals surface area contributed by atoms with Gasteiger partial charge in [-0.1, -0.05) is 51.1 Å². The highest BCUT2D eigenvalue weighted by atomic mass is 32.1. The summed E-state index contributed by atoms with van der Waals surface area (Å²) in [6.45, 7) is 6.75. The van der Waals surface area contributed by atoms with Gasteiger partial charge < -0.3 is 4.98 Å². The molecular formula is C26H27N5OS. The van der Waals surface area contributed by atoms with Crippen molar-refractivity contribution in [3.8, 4) is 33.2 Å². The zero-order chi connectivity index (χ0) is 23.0. The van der Waals surface area contributed by atoms with Gasteiger partial charge in [0.25, 0.3) is 5.56 Å². The highest BCUT2D eigenvalue weighted by molar-refractivity contribution is 7.15. The van der Waals surface area contributed by atoms with Gasteiger partial charge in [0.1, 0.15) is 11.3 Å². The van der Waals surface area contributed by atoms with Gasteiger partial charge in [0.05, 0.1) is 5.56 Å². The van der Waals surface area contributed by atoms with Gasteiger partial charge in [0.2, 0.25) is 0 Å². The summed E-state index contributed by atoms with van der Waals surface area (Å²) in [5.74, 6) is 0.438. The molecule has 2 N–H and O–H groups in total. The van der Waals surface area contributed by atoms with Gasteiger partial charge in [-0.25, -0.2) is 9.97 Å². The zero-order valence-electron chi connectivity index (χ0n) is 19.1. The van der Waals surface area contributed by atoms with Crippen LogP contribution in [0.4, 0.5) is 0 Å². The summed E-state index contributed by atoms with van der Waals surface area (Å²) in [4.78, 5) is 26.2. The Morgan fingerprint density at radius 3 is 2.55 bits per heavy atom.